The number of aromatic nitrogens is 2. The van der Waals surface area contributed by atoms with Crippen LogP contribution in [0.4, 0.5) is 0 Å². The smallest absolute Gasteiger partial charge is 0.123 e. The molecule has 3 nitrogen and oxygen atoms in total. The van der Waals surface area contributed by atoms with Crippen LogP contribution in [0, 0.1) is 6.92 Å². The number of nitrogens with zero attached hydrogens (tertiary/aromatic N) is 2. The van der Waals surface area contributed by atoms with Gasteiger partial charge >= 0.3 is 0 Å². The number of halogens is 1. The van der Waals surface area contributed by atoms with Gasteiger partial charge in [-0.1, -0.05) is 0 Å². The van der Waals surface area contributed by atoms with E-state index in [0.717, 1.165) is 31.1 Å². The maximum Gasteiger partial charge on any atom is 0.123 e. The lowest BCUT2D eigenvalue weighted by molar-refractivity contribution is -0.0597. The summed E-state index contributed by atoms with van der Waals surface area (Å²) in [6.07, 6.45) is 3.38. The first-order valence-electron chi connectivity index (χ1n) is 4.50. The average molecular weight is 201 g/mol. The first-order chi connectivity index (χ1) is 6.31. The highest BCUT2D eigenvalue weighted by molar-refractivity contribution is 6.16. The summed E-state index contributed by atoms with van der Waals surface area (Å²) in [6, 6.07) is 0. The minimum Gasteiger partial charge on any atom is -0.376 e. The largest absolute Gasteiger partial charge is 0.376 e. The van der Waals surface area contributed by atoms with Crippen LogP contribution in [0.25, 0.3) is 0 Å². The zero-order valence-corrected chi connectivity index (χ0v) is 8.42. The van der Waals surface area contributed by atoms with Crippen molar-refractivity contribution in [3.8, 4) is 0 Å². The number of imidazole rings is 1. The lowest BCUT2D eigenvalue weighted by Crippen LogP contribution is -2.32. The van der Waals surface area contributed by atoms with Crippen molar-refractivity contribution in [2.24, 2.45) is 0 Å². The lowest BCUT2D eigenvalue weighted by Gasteiger charge is -2.27. The van der Waals surface area contributed by atoms with Crippen molar-refractivity contribution in [1.29, 1.82) is 0 Å². The Balaban J connectivity index is 2.11. The summed E-state index contributed by atoms with van der Waals surface area (Å²) in [5, 5.41) is 0. The summed E-state index contributed by atoms with van der Waals surface area (Å²) in [6.45, 7) is 3.84. The van der Waals surface area contributed by atoms with Crippen LogP contribution in [0.2, 0.25) is 0 Å². The number of aryl methyl sites for hydroxylation is 1. The van der Waals surface area contributed by atoms with Gasteiger partial charge in [0.1, 0.15) is 5.82 Å². The maximum absolute atomic E-state index is 5.77. The van der Waals surface area contributed by atoms with Crippen LogP contribution in [-0.2, 0) is 17.2 Å². The molecule has 0 bridgehead atoms. The molecular formula is C9H13ClN2O. The molecule has 2 rings (SSSR count). The van der Waals surface area contributed by atoms with E-state index in [-0.39, 0.29) is 0 Å². The molecule has 1 aliphatic rings. The zero-order chi connectivity index (χ0) is 9.26. The van der Waals surface area contributed by atoms with Gasteiger partial charge in [0.15, 0.2) is 0 Å². The highest BCUT2D eigenvalue weighted by Crippen LogP contribution is 2.16. The van der Waals surface area contributed by atoms with Crippen LogP contribution in [-0.4, -0.2) is 22.3 Å². The predicted molar refractivity (Wildman–Crippen MR) is 50.9 cm³/mol. The van der Waals surface area contributed by atoms with Gasteiger partial charge in [-0.05, 0) is 13.3 Å². The topological polar surface area (TPSA) is 27.1 Å². The van der Waals surface area contributed by atoms with E-state index in [9.17, 15) is 0 Å². The Labute approximate surface area is 82.7 Å². The molecule has 0 radical (unpaired) electrons. The van der Waals surface area contributed by atoms with Crippen molar-refractivity contribution >= 4 is 11.6 Å². The Morgan fingerprint density at radius 1 is 1.77 bits per heavy atom. The highest BCUT2D eigenvalue weighted by atomic mass is 35.5. The Bertz CT molecular complexity index is 294. The van der Waals surface area contributed by atoms with E-state index in [1.54, 1.807) is 0 Å². The summed E-state index contributed by atoms with van der Waals surface area (Å²) in [4.78, 5) is 4.22. The number of ether oxygens (including phenoxy) is 1. The average Bonchev–Trinajstić information content (AvgIpc) is 2.39. The molecule has 4 heteroatoms. The number of rotatable bonds is 3. The van der Waals surface area contributed by atoms with Crippen LogP contribution in [0.15, 0.2) is 6.20 Å². The Morgan fingerprint density at radius 3 is 3.08 bits per heavy atom. The number of hydrogen-bond donors (Lipinski definition) is 0. The molecule has 72 valence electrons. The fourth-order valence-corrected chi connectivity index (χ4v) is 1.71. The third-order valence-electron chi connectivity index (χ3n) is 2.44. The summed E-state index contributed by atoms with van der Waals surface area (Å²) in [7, 11) is 0. The van der Waals surface area contributed by atoms with E-state index in [2.05, 4.69) is 9.55 Å². The van der Waals surface area contributed by atoms with Crippen LogP contribution >= 0.6 is 11.6 Å². The van der Waals surface area contributed by atoms with E-state index >= 15 is 0 Å². The molecule has 0 saturated carbocycles. The van der Waals surface area contributed by atoms with Crippen LogP contribution in [0.5, 0.6) is 0 Å². The lowest BCUT2D eigenvalue weighted by atomic mass is 10.2. The van der Waals surface area contributed by atoms with Gasteiger partial charge in [-0.2, -0.15) is 0 Å². The van der Waals surface area contributed by atoms with Gasteiger partial charge in [0.2, 0.25) is 0 Å². The molecule has 2 heterocycles. The van der Waals surface area contributed by atoms with Gasteiger partial charge in [0, 0.05) is 18.5 Å². The minimum absolute atomic E-state index is 0.370. The molecule has 13 heavy (non-hydrogen) atoms. The van der Waals surface area contributed by atoms with Gasteiger partial charge in [-0.3, -0.25) is 0 Å². The van der Waals surface area contributed by atoms with Gasteiger partial charge in [0.25, 0.3) is 0 Å². The molecule has 1 aromatic rings. The van der Waals surface area contributed by atoms with Crippen molar-refractivity contribution in [2.75, 3.05) is 6.61 Å². The molecule has 0 aliphatic carbocycles. The SMILES string of the molecule is Cc1cnc(CCl)n1C[C@@H]1CCO1. The standard InChI is InChI=1S/C9H13ClN2O/c1-7-5-11-9(4-10)12(7)6-8-2-3-13-8/h5,8H,2-4,6H2,1H3/t8-/m0/s1. The predicted octanol–water partition coefficient (Wildman–Crippen LogP) is 1.72. The summed E-state index contributed by atoms with van der Waals surface area (Å²) < 4.78 is 7.50. The third kappa shape index (κ3) is 1.71. The van der Waals surface area contributed by atoms with E-state index in [0.29, 0.717) is 12.0 Å². The summed E-state index contributed by atoms with van der Waals surface area (Å²) >= 11 is 5.77. The van der Waals surface area contributed by atoms with Crippen LogP contribution < -0.4 is 0 Å². The van der Waals surface area contributed by atoms with Crippen molar-refractivity contribution in [2.45, 2.75) is 31.9 Å². The minimum atomic E-state index is 0.370. The second-order valence-electron chi connectivity index (χ2n) is 3.34. The molecule has 0 N–H and O–H groups in total. The zero-order valence-electron chi connectivity index (χ0n) is 7.66. The first kappa shape index (κ1) is 9.03. The number of alkyl halides is 1. The normalized spacial score (nSPS) is 21.5. The van der Waals surface area contributed by atoms with E-state index < -0.39 is 0 Å². The van der Waals surface area contributed by atoms with Crippen molar-refractivity contribution in [3.05, 3.63) is 17.7 Å². The maximum atomic E-state index is 5.77. The Hall–Kier alpha value is -0.540. The molecule has 1 fully saturated rings. The van der Waals surface area contributed by atoms with E-state index in [4.69, 9.17) is 16.3 Å². The van der Waals surface area contributed by atoms with Crippen LogP contribution in [0.3, 0.4) is 0 Å². The molecule has 1 atom stereocenters. The molecular weight excluding hydrogens is 188 g/mol. The van der Waals surface area contributed by atoms with E-state index in [1.807, 2.05) is 13.1 Å². The quantitative estimate of drug-likeness (QED) is 0.695. The Kier molecular flexibility index (Phi) is 2.56. The van der Waals surface area contributed by atoms with E-state index in [1.165, 1.54) is 0 Å². The molecule has 1 aromatic heterocycles. The van der Waals surface area contributed by atoms with Crippen molar-refractivity contribution in [3.63, 3.8) is 0 Å². The molecule has 0 amide bonds. The highest BCUT2D eigenvalue weighted by Gasteiger charge is 2.20. The molecule has 0 unspecified atom stereocenters. The summed E-state index contributed by atoms with van der Waals surface area (Å²) in [5.74, 6) is 1.41. The molecule has 1 saturated heterocycles. The van der Waals surface area contributed by atoms with Gasteiger partial charge in [-0.25, -0.2) is 4.98 Å². The summed E-state index contributed by atoms with van der Waals surface area (Å²) in [5.41, 5.74) is 1.16. The molecule has 0 aromatic carbocycles. The van der Waals surface area contributed by atoms with Gasteiger partial charge in [0.05, 0.1) is 18.5 Å². The Morgan fingerprint density at radius 2 is 2.54 bits per heavy atom. The first-order valence-corrected chi connectivity index (χ1v) is 5.03. The van der Waals surface area contributed by atoms with Crippen molar-refractivity contribution < 1.29 is 4.74 Å². The monoisotopic (exact) mass is 200 g/mol. The van der Waals surface area contributed by atoms with Crippen LogP contribution in [0.1, 0.15) is 17.9 Å². The third-order valence-corrected chi connectivity index (χ3v) is 2.68. The molecule has 1 aliphatic heterocycles. The fourth-order valence-electron chi connectivity index (χ4n) is 1.50. The van der Waals surface area contributed by atoms with Crippen molar-refractivity contribution in [1.82, 2.24) is 9.55 Å². The second-order valence-corrected chi connectivity index (χ2v) is 3.61. The molecule has 0 spiro atoms. The second kappa shape index (κ2) is 3.68. The van der Waals surface area contributed by atoms with Gasteiger partial charge in [-0.15, -0.1) is 11.6 Å². The fraction of sp³-hybridized carbons (Fsp3) is 0.667. The van der Waals surface area contributed by atoms with Gasteiger partial charge < -0.3 is 9.30 Å². The number of hydrogen-bond acceptors (Lipinski definition) is 2.